The molecule has 2 aromatic rings. The summed E-state index contributed by atoms with van der Waals surface area (Å²) in [5, 5.41) is 0. The molecule has 1 aliphatic rings. The van der Waals surface area contributed by atoms with Gasteiger partial charge in [0.15, 0.2) is 11.6 Å². The van der Waals surface area contributed by atoms with E-state index >= 15 is 0 Å². The van der Waals surface area contributed by atoms with Gasteiger partial charge in [-0.15, -0.1) is 0 Å². The molecular weight excluding hydrogens is 354 g/mol. The van der Waals surface area contributed by atoms with Crippen molar-refractivity contribution in [3.63, 3.8) is 0 Å². The van der Waals surface area contributed by atoms with Gasteiger partial charge in [0.25, 0.3) is 5.91 Å². The molecule has 0 aromatic heterocycles. The summed E-state index contributed by atoms with van der Waals surface area (Å²) in [7, 11) is 0. The van der Waals surface area contributed by atoms with Crippen molar-refractivity contribution in [3.05, 3.63) is 65.2 Å². The van der Waals surface area contributed by atoms with E-state index in [4.69, 9.17) is 4.74 Å². The highest BCUT2D eigenvalue weighted by Gasteiger charge is 2.25. The molecule has 3 rings (SSSR count). The number of benzene rings is 2. The molecule has 5 nitrogen and oxygen atoms in total. The summed E-state index contributed by atoms with van der Waals surface area (Å²) in [5.41, 5.74) is 1.37. The number of nitrogens with zero attached hydrogens (tertiary/aromatic N) is 2. The second kappa shape index (κ2) is 8.16. The molecule has 142 valence electrons. The Morgan fingerprint density at radius 2 is 1.70 bits per heavy atom. The fourth-order valence-electron chi connectivity index (χ4n) is 3.09. The van der Waals surface area contributed by atoms with Crippen molar-refractivity contribution in [2.24, 2.45) is 0 Å². The first kappa shape index (κ1) is 18.8. The Bertz CT molecular complexity index is 849. The molecule has 1 fully saturated rings. The number of carbonyl (C=O) groups excluding carboxylic acids is 2. The van der Waals surface area contributed by atoms with Gasteiger partial charge in [0, 0.05) is 31.7 Å². The van der Waals surface area contributed by atoms with Crippen LogP contribution in [0.4, 0.5) is 14.5 Å². The van der Waals surface area contributed by atoms with Crippen molar-refractivity contribution < 1.29 is 23.1 Å². The van der Waals surface area contributed by atoms with Crippen LogP contribution in [0.25, 0.3) is 0 Å². The monoisotopic (exact) mass is 374 g/mol. The molecule has 0 aliphatic carbocycles. The van der Waals surface area contributed by atoms with Gasteiger partial charge in [-0.1, -0.05) is 12.1 Å². The normalized spacial score (nSPS) is 14.2. The van der Waals surface area contributed by atoms with Crippen LogP contribution in [0.15, 0.2) is 42.5 Å². The molecule has 0 N–H and O–H groups in total. The van der Waals surface area contributed by atoms with E-state index in [0.29, 0.717) is 38.3 Å². The van der Waals surface area contributed by atoms with Crippen LogP contribution in [0.5, 0.6) is 0 Å². The van der Waals surface area contributed by atoms with Crippen LogP contribution >= 0.6 is 0 Å². The first-order valence-corrected chi connectivity index (χ1v) is 8.76. The molecule has 0 spiro atoms. The average Bonchev–Trinajstić information content (AvgIpc) is 2.70. The molecule has 0 atom stereocenters. The summed E-state index contributed by atoms with van der Waals surface area (Å²) >= 11 is 0. The third-order valence-corrected chi connectivity index (χ3v) is 4.47. The van der Waals surface area contributed by atoms with Gasteiger partial charge in [0.2, 0.25) is 0 Å². The minimum absolute atomic E-state index is 0.120. The van der Waals surface area contributed by atoms with Crippen molar-refractivity contribution in [2.75, 3.05) is 37.7 Å². The summed E-state index contributed by atoms with van der Waals surface area (Å²) in [5.74, 6) is -2.74. The lowest BCUT2D eigenvalue weighted by molar-refractivity contribution is 0.0526. The molecule has 7 heteroatoms. The van der Waals surface area contributed by atoms with E-state index in [1.54, 1.807) is 24.0 Å². The summed E-state index contributed by atoms with van der Waals surface area (Å²) in [6, 6.07) is 10.3. The highest BCUT2D eigenvalue weighted by molar-refractivity contribution is 5.96. The third-order valence-electron chi connectivity index (χ3n) is 4.47. The summed E-state index contributed by atoms with van der Waals surface area (Å²) in [6.45, 7) is 3.91. The van der Waals surface area contributed by atoms with E-state index in [1.165, 1.54) is 6.07 Å². The minimum Gasteiger partial charge on any atom is -0.462 e. The fourth-order valence-corrected chi connectivity index (χ4v) is 3.09. The van der Waals surface area contributed by atoms with Crippen LogP contribution in [0, 0.1) is 11.6 Å². The lowest BCUT2D eigenvalue weighted by atomic mass is 10.1. The van der Waals surface area contributed by atoms with E-state index in [2.05, 4.69) is 0 Å². The van der Waals surface area contributed by atoms with Gasteiger partial charge in [0.1, 0.15) is 0 Å². The van der Waals surface area contributed by atoms with Crippen LogP contribution in [-0.2, 0) is 4.74 Å². The maximum absolute atomic E-state index is 13.4. The van der Waals surface area contributed by atoms with Gasteiger partial charge in [-0.25, -0.2) is 13.6 Å². The number of esters is 1. The summed E-state index contributed by atoms with van der Waals surface area (Å²) in [4.78, 5) is 28.3. The number of rotatable bonds is 4. The smallest absolute Gasteiger partial charge is 0.340 e. The maximum atomic E-state index is 13.4. The van der Waals surface area contributed by atoms with Gasteiger partial charge >= 0.3 is 5.97 Å². The second-order valence-electron chi connectivity index (χ2n) is 6.15. The number of piperazine rings is 1. The first-order chi connectivity index (χ1) is 13.0. The number of carbonyl (C=O) groups is 2. The molecule has 0 bridgehead atoms. The minimum atomic E-state index is -1.04. The standard InChI is InChI=1S/C20H20F2N2O3/c1-2-27-20(26)15-5-3-4-6-18(15)23-9-11-24(12-10-23)19(25)14-7-8-16(21)17(22)13-14/h3-8,13H,2,9-12H2,1H3. The van der Waals surface area contributed by atoms with Crippen molar-refractivity contribution in [1.29, 1.82) is 0 Å². The molecule has 1 heterocycles. The number of ether oxygens (including phenoxy) is 1. The van der Waals surface area contributed by atoms with Crippen LogP contribution in [0.2, 0.25) is 0 Å². The predicted octanol–water partition coefficient (Wildman–Crippen LogP) is 3.10. The predicted molar refractivity (Wildman–Crippen MR) is 96.9 cm³/mol. The molecule has 0 unspecified atom stereocenters. The van der Waals surface area contributed by atoms with Gasteiger partial charge in [-0.2, -0.15) is 0 Å². The molecule has 0 radical (unpaired) electrons. The molecule has 0 saturated carbocycles. The van der Waals surface area contributed by atoms with Gasteiger partial charge in [-0.05, 0) is 37.3 Å². The zero-order valence-corrected chi connectivity index (χ0v) is 15.0. The molecule has 1 saturated heterocycles. The lowest BCUT2D eigenvalue weighted by Gasteiger charge is -2.36. The Morgan fingerprint density at radius 1 is 1.00 bits per heavy atom. The van der Waals surface area contributed by atoms with Crippen molar-refractivity contribution >= 4 is 17.6 Å². The van der Waals surface area contributed by atoms with Crippen LogP contribution in [0.1, 0.15) is 27.6 Å². The van der Waals surface area contributed by atoms with Crippen LogP contribution < -0.4 is 4.90 Å². The number of amides is 1. The zero-order valence-electron chi connectivity index (χ0n) is 15.0. The van der Waals surface area contributed by atoms with Crippen LogP contribution in [0.3, 0.4) is 0 Å². The van der Waals surface area contributed by atoms with Gasteiger partial charge in [0.05, 0.1) is 17.9 Å². The highest BCUT2D eigenvalue weighted by Crippen LogP contribution is 2.23. The Balaban J connectivity index is 1.70. The Hall–Kier alpha value is -2.96. The Labute approximate surface area is 156 Å². The maximum Gasteiger partial charge on any atom is 0.340 e. The number of halogens is 2. The van der Waals surface area contributed by atoms with E-state index in [-0.39, 0.29) is 17.4 Å². The van der Waals surface area contributed by atoms with Gasteiger partial charge < -0.3 is 14.5 Å². The third kappa shape index (κ3) is 4.07. The molecule has 27 heavy (non-hydrogen) atoms. The van der Waals surface area contributed by atoms with E-state index in [0.717, 1.165) is 17.8 Å². The second-order valence-corrected chi connectivity index (χ2v) is 6.15. The van der Waals surface area contributed by atoms with Crippen molar-refractivity contribution in [1.82, 2.24) is 4.90 Å². The van der Waals surface area contributed by atoms with E-state index < -0.39 is 11.6 Å². The lowest BCUT2D eigenvalue weighted by Crippen LogP contribution is -2.49. The summed E-state index contributed by atoms with van der Waals surface area (Å²) in [6.07, 6.45) is 0. The molecule has 1 amide bonds. The molecular formula is C20H20F2N2O3. The van der Waals surface area contributed by atoms with Crippen molar-refractivity contribution in [2.45, 2.75) is 6.92 Å². The summed E-state index contributed by atoms with van der Waals surface area (Å²) < 4.78 is 31.5. The zero-order chi connectivity index (χ0) is 19.4. The topological polar surface area (TPSA) is 49.9 Å². The van der Waals surface area contributed by atoms with Crippen LogP contribution in [-0.4, -0.2) is 49.6 Å². The number of hydrogen-bond donors (Lipinski definition) is 0. The average molecular weight is 374 g/mol. The number of hydrogen-bond acceptors (Lipinski definition) is 4. The number of para-hydroxylation sites is 1. The Kier molecular flexibility index (Phi) is 5.69. The SMILES string of the molecule is CCOC(=O)c1ccccc1N1CCN(C(=O)c2ccc(F)c(F)c2)CC1. The first-order valence-electron chi connectivity index (χ1n) is 8.76. The quantitative estimate of drug-likeness (QED) is 0.772. The molecule has 1 aliphatic heterocycles. The largest absolute Gasteiger partial charge is 0.462 e. The van der Waals surface area contributed by atoms with E-state index in [9.17, 15) is 18.4 Å². The van der Waals surface area contributed by atoms with Crippen molar-refractivity contribution in [3.8, 4) is 0 Å². The fraction of sp³-hybridized carbons (Fsp3) is 0.300. The highest BCUT2D eigenvalue weighted by atomic mass is 19.2. The number of anilines is 1. The van der Waals surface area contributed by atoms with Gasteiger partial charge in [-0.3, -0.25) is 4.79 Å². The Morgan fingerprint density at radius 3 is 2.37 bits per heavy atom. The van der Waals surface area contributed by atoms with E-state index in [1.807, 2.05) is 17.0 Å². The molecule has 2 aromatic carbocycles.